The van der Waals surface area contributed by atoms with Crippen LogP contribution in [0, 0.1) is 6.92 Å². The number of hydrogen-bond donors (Lipinski definition) is 3. The maximum absolute atomic E-state index is 12.4. The van der Waals surface area contributed by atoms with Crippen molar-refractivity contribution in [3.05, 3.63) is 63.7 Å². The van der Waals surface area contributed by atoms with Gasteiger partial charge in [-0.3, -0.25) is 4.98 Å². The quantitative estimate of drug-likeness (QED) is 0.380. The fraction of sp³-hybridized carbons (Fsp3) is 0.105. The van der Waals surface area contributed by atoms with Crippen molar-refractivity contribution < 1.29 is 22.3 Å². The number of rotatable bonds is 5. The molecule has 31 heavy (non-hydrogen) atoms. The number of fused-ring (bicyclic) bond motifs is 1. The second-order valence-electron chi connectivity index (χ2n) is 6.39. The van der Waals surface area contributed by atoms with Crippen LogP contribution in [-0.4, -0.2) is 21.3 Å². The average Bonchev–Trinajstić information content (AvgIpc) is 3.05. The Kier molecular flexibility index (Phi) is 5.19. The summed E-state index contributed by atoms with van der Waals surface area (Å²) in [5.41, 5.74) is 2.70. The van der Waals surface area contributed by atoms with Crippen LogP contribution >= 0.6 is 11.6 Å². The number of oxazole rings is 1. The Balaban J connectivity index is 1.54. The Labute approximate surface area is 177 Å². The number of alkyl halides is 3. The number of hydrogen-bond acceptors (Lipinski definition) is 7. The lowest BCUT2D eigenvalue weighted by atomic mass is 10.2. The van der Waals surface area contributed by atoms with Crippen LogP contribution in [0.15, 0.2) is 51.8 Å². The summed E-state index contributed by atoms with van der Waals surface area (Å²) in [6, 6.07) is 8.75. The highest BCUT2D eigenvalue weighted by Crippen LogP contribution is 2.33. The Morgan fingerprint density at radius 3 is 2.61 bits per heavy atom. The Morgan fingerprint density at radius 2 is 1.87 bits per heavy atom. The zero-order valence-corrected chi connectivity index (χ0v) is 16.4. The summed E-state index contributed by atoms with van der Waals surface area (Å²) in [7, 11) is 0. The molecule has 8 nitrogen and oxygen atoms in total. The molecule has 4 rings (SSSR count). The highest BCUT2D eigenvalue weighted by molar-refractivity contribution is 6.32. The monoisotopic (exact) mass is 451 g/mol. The average molecular weight is 452 g/mol. The van der Waals surface area contributed by atoms with E-state index in [2.05, 4.69) is 30.3 Å². The van der Waals surface area contributed by atoms with Crippen molar-refractivity contribution in [3.8, 4) is 5.75 Å². The van der Waals surface area contributed by atoms with E-state index in [1.165, 1.54) is 12.1 Å². The van der Waals surface area contributed by atoms with Crippen molar-refractivity contribution in [2.75, 3.05) is 10.6 Å². The molecule has 12 heteroatoms. The molecule has 4 aromatic rings. The number of aryl methyl sites for hydroxylation is 1. The maximum Gasteiger partial charge on any atom is 0.573 e. The topological polar surface area (TPSA) is 105 Å². The first-order valence-corrected chi connectivity index (χ1v) is 9.10. The van der Waals surface area contributed by atoms with E-state index in [1.807, 2.05) is 0 Å². The molecule has 0 unspecified atom stereocenters. The standard InChI is InChI=1S/C19H13ClF3N5O3/c1-9-8-24-17(26-10-2-4-14(12(20)6-10)31-19(21,22)23)28-16(9)25-11-3-5-15-13(7-11)27-18(29)30-15/h2-8H,1H3,(H,27,29)(H2,24,25,26,28). The summed E-state index contributed by atoms with van der Waals surface area (Å²) in [6.45, 7) is 1.80. The van der Waals surface area contributed by atoms with Gasteiger partial charge in [0, 0.05) is 23.1 Å². The van der Waals surface area contributed by atoms with Gasteiger partial charge in [-0.2, -0.15) is 4.98 Å². The van der Waals surface area contributed by atoms with Gasteiger partial charge in [0.1, 0.15) is 11.6 Å². The molecule has 160 valence electrons. The lowest BCUT2D eigenvalue weighted by Gasteiger charge is -2.13. The highest BCUT2D eigenvalue weighted by Gasteiger charge is 2.32. The predicted molar refractivity (Wildman–Crippen MR) is 108 cm³/mol. The van der Waals surface area contributed by atoms with Gasteiger partial charge in [-0.05, 0) is 43.3 Å². The van der Waals surface area contributed by atoms with Gasteiger partial charge < -0.3 is 19.8 Å². The minimum absolute atomic E-state index is 0.187. The first-order chi connectivity index (χ1) is 14.7. The van der Waals surface area contributed by atoms with Crippen LogP contribution in [0.3, 0.4) is 0 Å². The Morgan fingerprint density at radius 1 is 1.13 bits per heavy atom. The highest BCUT2D eigenvalue weighted by atomic mass is 35.5. The Hall–Kier alpha value is -3.73. The number of benzene rings is 2. The third kappa shape index (κ3) is 4.89. The van der Waals surface area contributed by atoms with Crippen LogP contribution in [0.5, 0.6) is 5.75 Å². The second kappa shape index (κ2) is 7.84. The van der Waals surface area contributed by atoms with Gasteiger partial charge in [-0.25, -0.2) is 9.78 Å². The van der Waals surface area contributed by atoms with Crippen molar-refractivity contribution in [1.82, 2.24) is 15.0 Å². The van der Waals surface area contributed by atoms with Crippen LogP contribution in [0.4, 0.5) is 36.3 Å². The number of nitrogens with zero attached hydrogens (tertiary/aromatic N) is 2. The Bertz CT molecular complexity index is 1320. The molecular formula is C19H13ClF3N5O3. The molecule has 2 heterocycles. The van der Waals surface area contributed by atoms with E-state index < -0.39 is 17.9 Å². The molecule has 0 aliphatic carbocycles. The number of H-pyrrole nitrogens is 1. The predicted octanol–water partition coefficient (Wildman–Crippen LogP) is 5.26. The SMILES string of the molecule is Cc1cnc(Nc2ccc(OC(F)(F)F)c(Cl)c2)nc1Nc1ccc2oc(=O)[nH]c2c1. The normalized spacial score (nSPS) is 11.5. The third-order valence-electron chi connectivity index (χ3n) is 4.07. The minimum Gasteiger partial charge on any atom is -0.408 e. The first-order valence-electron chi connectivity index (χ1n) is 8.72. The number of nitrogens with one attached hydrogen (secondary N) is 3. The molecular weight excluding hydrogens is 439 g/mol. The van der Waals surface area contributed by atoms with Crippen molar-refractivity contribution in [1.29, 1.82) is 0 Å². The van der Waals surface area contributed by atoms with Crippen molar-refractivity contribution in [2.45, 2.75) is 13.3 Å². The van der Waals surface area contributed by atoms with E-state index in [0.29, 0.717) is 28.3 Å². The molecule has 2 aromatic carbocycles. The fourth-order valence-corrected chi connectivity index (χ4v) is 2.93. The number of halogens is 4. The van der Waals surface area contributed by atoms with Crippen molar-refractivity contribution >= 4 is 45.8 Å². The summed E-state index contributed by atoms with van der Waals surface area (Å²) < 4.78 is 45.9. The summed E-state index contributed by atoms with van der Waals surface area (Å²) in [5, 5.41) is 5.77. The number of ether oxygens (including phenoxy) is 1. The van der Waals surface area contributed by atoms with Crippen LogP contribution in [0.1, 0.15) is 5.56 Å². The zero-order valence-electron chi connectivity index (χ0n) is 15.7. The zero-order chi connectivity index (χ0) is 22.2. The van der Waals surface area contributed by atoms with Gasteiger partial charge in [0.15, 0.2) is 5.58 Å². The van der Waals surface area contributed by atoms with Gasteiger partial charge in [0.2, 0.25) is 5.95 Å². The van der Waals surface area contributed by atoms with Crippen LogP contribution in [0.2, 0.25) is 5.02 Å². The molecule has 0 bridgehead atoms. The molecule has 0 saturated heterocycles. The van der Waals surface area contributed by atoms with E-state index in [0.717, 1.165) is 11.6 Å². The third-order valence-corrected chi connectivity index (χ3v) is 4.36. The molecule has 0 spiro atoms. The number of aromatic nitrogens is 3. The van der Waals surface area contributed by atoms with Gasteiger partial charge in [-0.1, -0.05) is 11.6 Å². The molecule has 0 atom stereocenters. The van der Waals surface area contributed by atoms with E-state index in [9.17, 15) is 18.0 Å². The first kappa shape index (κ1) is 20.5. The van der Waals surface area contributed by atoms with E-state index >= 15 is 0 Å². The molecule has 0 fully saturated rings. The summed E-state index contributed by atoms with van der Waals surface area (Å²) in [4.78, 5) is 22.4. The molecule has 0 aliphatic heterocycles. The summed E-state index contributed by atoms with van der Waals surface area (Å²) in [5.74, 6) is -0.404. The summed E-state index contributed by atoms with van der Waals surface area (Å²) in [6.07, 6.45) is -3.27. The smallest absolute Gasteiger partial charge is 0.408 e. The molecule has 0 radical (unpaired) electrons. The van der Waals surface area contributed by atoms with E-state index in [-0.39, 0.29) is 11.0 Å². The lowest BCUT2D eigenvalue weighted by molar-refractivity contribution is -0.274. The summed E-state index contributed by atoms with van der Waals surface area (Å²) >= 11 is 5.86. The molecule has 0 aliphatic rings. The lowest BCUT2D eigenvalue weighted by Crippen LogP contribution is -2.17. The van der Waals surface area contributed by atoms with Gasteiger partial charge in [0.05, 0.1) is 10.5 Å². The van der Waals surface area contributed by atoms with Crippen LogP contribution in [0.25, 0.3) is 11.1 Å². The fourth-order valence-electron chi connectivity index (χ4n) is 2.71. The maximum atomic E-state index is 12.4. The minimum atomic E-state index is -4.84. The van der Waals surface area contributed by atoms with E-state index in [1.54, 1.807) is 31.3 Å². The van der Waals surface area contributed by atoms with Crippen molar-refractivity contribution in [3.63, 3.8) is 0 Å². The molecule has 0 amide bonds. The number of anilines is 4. The van der Waals surface area contributed by atoms with Crippen LogP contribution < -0.4 is 21.1 Å². The van der Waals surface area contributed by atoms with E-state index in [4.69, 9.17) is 16.0 Å². The second-order valence-corrected chi connectivity index (χ2v) is 6.80. The largest absolute Gasteiger partial charge is 0.573 e. The number of aromatic amines is 1. The van der Waals surface area contributed by atoms with Crippen LogP contribution in [-0.2, 0) is 0 Å². The molecule has 2 aromatic heterocycles. The molecule has 0 saturated carbocycles. The van der Waals surface area contributed by atoms with Gasteiger partial charge in [0.25, 0.3) is 0 Å². The van der Waals surface area contributed by atoms with Gasteiger partial charge in [-0.15, -0.1) is 13.2 Å². The van der Waals surface area contributed by atoms with Gasteiger partial charge >= 0.3 is 12.1 Å². The molecule has 3 N–H and O–H groups in total. The van der Waals surface area contributed by atoms with Crippen molar-refractivity contribution in [2.24, 2.45) is 0 Å².